The monoisotopic (exact) mass is 351 g/mol. The minimum Gasteiger partial charge on any atom is -0.468 e. The molecule has 0 unspecified atom stereocenters. The van der Waals surface area contributed by atoms with E-state index in [-0.39, 0.29) is 12.5 Å². The number of carbonyl (C=O) groups excluding carboxylic acids is 2. The average Bonchev–Trinajstić information content (AvgIpc) is 3.16. The van der Waals surface area contributed by atoms with E-state index in [1.54, 1.807) is 24.3 Å². The molecule has 3 aromatic rings. The second-order valence-corrected chi connectivity index (χ2v) is 5.62. The summed E-state index contributed by atoms with van der Waals surface area (Å²) in [5, 5.41) is 10.6. The van der Waals surface area contributed by atoms with Crippen molar-refractivity contribution in [1.82, 2.24) is 15.5 Å². The number of hydrogen-bond donors (Lipinski definition) is 1. The summed E-state index contributed by atoms with van der Waals surface area (Å²) in [6.45, 7) is 1.81. The summed E-state index contributed by atoms with van der Waals surface area (Å²) in [6.07, 6.45) is 0. The highest BCUT2D eigenvalue weighted by Gasteiger charge is 2.12. The van der Waals surface area contributed by atoms with Crippen LogP contribution in [0.25, 0.3) is 22.9 Å². The molecule has 1 heterocycles. The van der Waals surface area contributed by atoms with Crippen LogP contribution < -0.4 is 5.32 Å². The fourth-order valence-electron chi connectivity index (χ4n) is 2.33. The Morgan fingerprint density at radius 2 is 1.73 bits per heavy atom. The van der Waals surface area contributed by atoms with Crippen molar-refractivity contribution in [3.05, 3.63) is 59.7 Å². The summed E-state index contributed by atoms with van der Waals surface area (Å²) in [6, 6.07) is 14.4. The quantitative estimate of drug-likeness (QED) is 0.710. The molecule has 1 aromatic heterocycles. The number of methoxy groups -OCH3 is 1. The van der Waals surface area contributed by atoms with Crippen LogP contribution in [0.15, 0.2) is 52.9 Å². The molecule has 1 N–H and O–H groups in total. The van der Waals surface area contributed by atoms with Crippen LogP contribution in [0, 0.1) is 6.92 Å². The molecular weight excluding hydrogens is 334 g/mol. The van der Waals surface area contributed by atoms with Gasteiger partial charge >= 0.3 is 5.97 Å². The molecule has 0 aliphatic heterocycles. The third-order valence-corrected chi connectivity index (χ3v) is 3.71. The average molecular weight is 351 g/mol. The van der Waals surface area contributed by atoms with Crippen molar-refractivity contribution in [3.63, 3.8) is 0 Å². The Hall–Kier alpha value is -3.48. The molecule has 0 fully saturated rings. The van der Waals surface area contributed by atoms with Crippen molar-refractivity contribution < 1.29 is 18.7 Å². The normalized spacial score (nSPS) is 10.4. The van der Waals surface area contributed by atoms with E-state index in [0.717, 1.165) is 11.1 Å². The van der Waals surface area contributed by atoms with Gasteiger partial charge in [0.2, 0.25) is 11.8 Å². The molecule has 7 nitrogen and oxygen atoms in total. The second-order valence-electron chi connectivity index (χ2n) is 5.62. The fraction of sp³-hybridized carbons (Fsp3) is 0.158. The number of aryl methyl sites for hydroxylation is 1. The topological polar surface area (TPSA) is 94.3 Å². The Bertz CT molecular complexity index is 932. The van der Waals surface area contributed by atoms with Crippen LogP contribution in [-0.2, 0) is 9.53 Å². The predicted octanol–water partition coefficient (Wildman–Crippen LogP) is 2.61. The SMILES string of the molecule is COC(=O)CNC(=O)c1ccc(-c2nnc(-c3cccc(C)c3)o2)cc1. The first-order valence-corrected chi connectivity index (χ1v) is 7.93. The van der Waals surface area contributed by atoms with Gasteiger partial charge in [-0.3, -0.25) is 9.59 Å². The highest BCUT2D eigenvalue weighted by molar-refractivity contribution is 5.96. The largest absolute Gasteiger partial charge is 0.468 e. The second kappa shape index (κ2) is 7.60. The summed E-state index contributed by atoms with van der Waals surface area (Å²) >= 11 is 0. The van der Waals surface area contributed by atoms with Crippen molar-refractivity contribution in [2.75, 3.05) is 13.7 Å². The Balaban J connectivity index is 1.73. The molecule has 0 saturated carbocycles. The minimum atomic E-state index is -0.510. The van der Waals surface area contributed by atoms with Gasteiger partial charge in [-0.2, -0.15) is 0 Å². The highest BCUT2D eigenvalue weighted by Crippen LogP contribution is 2.24. The molecule has 1 amide bonds. The third-order valence-electron chi connectivity index (χ3n) is 3.71. The van der Waals surface area contributed by atoms with Gasteiger partial charge < -0.3 is 14.5 Å². The molecule has 0 aliphatic carbocycles. The van der Waals surface area contributed by atoms with Crippen molar-refractivity contribution in [2.45, 2.75) is 6.92 Å². The Labute approximate surface area is 150 Å². The molecule has 132 valence electrons. The molecule has 0 spiro atoms. The molecule has 2 aromatic carbocycles. The van der Waals surface area contributed by atoms with Gasteiger partial charge in [-0.15, -0.1) is 10.2 Å². The fourth-order valence-corrected chi connectivity index (χ4v) is 2.33. The van der Waals surface area contributed by atoms with E-state index in [1.165, 1.54) is 7.11 Å². The first kappa shape index (κ1) is 17.3. The van der Waals surface area contributed by atoms with Gasteiger partial charge in [0.05, 0.1) is 7.11 Å². The van der Waals surface area contributed by atoms with Crippen LogP contribution in [-0.4, -0.2) is 35.7 Å². The van der Waals surface area contributed by atoms with E-state index in [2.05, 4.69) is 20.3 Å². The lowest BCUT2D eigenvalue weighted by Crippen LogP contribution is -2.30. The molecule has 3 rings (SSSR count). The first-order chi connectivity index (χ1) is 12.6. The van der Waals surface area contributed by atoms with Crippen LogP contribution in [0.5, 0.6) is 0 Å². The zero-order chi connectivity index (χ0) is 18.5. The number of carbonyl (C=O) groups is 2. The van der Waals surface area contributed by atoms with Gasteiger partial charge in [-0.05, 0) is 43.3 Å². The van der Waals surface area contributed by atoms with Gasteiger partial charge in [-0.25, -0.2) is 0 Å². The van der Waals surface area contributed by atoms with Gasteiger partial charge in [-0.1, -0.05) is 17.7 Å². The Morgan fingerprint density at radius 1 is 1.04 bits per heavy atom. The van der Waals surface area contributed by atoms with Crippen molar-refractivity contribution in [1.29, 1.82) is 0 Å². The van der Waals surface area contributed by atoms with E-state index in [4.69, 9.17) is 4.42 Å². The molecule has 0 bridgehead atoms. The summed E-state index contributed by atoms with van der Waals surface area (Å²) in [7, 11) is 1.26. The molecule has 0 saturated heterocycles. The smallest absolute Gasteiger partial charge is 0.325 e. The van der Waals surface area contributed by atoms with E-state index in [1.807, 2.05) is 31.2 Å². The maximum Gasteiger partial charge on any atom is 0.325 e. The summed E-state index contributed by atoms with van der Waals surface area (Å²) in [4.78, 5) is 23.0. The van der Waals surface area contributed by atoms with Crippen LogP contribution in [0.3, 0.4) is 0 Å². The van der Waals surface area contributed by atoms with E-state index in [0.29, 0.717) is 22.9 Å². The number of amides is 1. The first-order valence-electron chi connectivity index (χ1n) is 7.93. The van der Waals surface area contributed by atoms with E-state index >= 15 is 0 Å². The summed E-state index contributed by atoms with van der Waals surface area (Å²) < 4.78 is 10.2. The van der Waals surface area contributed by atoms with Crippen molar-refractivity contribution in [2.24, 2.45) is 0 Å². The Kier molecular flexibility index (Phi) is 5.07. The molecule has 0 radical (unpaired) electrons. The van der Waals surface area contributed by atoms with Gasteiger partial charge in [0.15, 0.2) is 0 Å². The lowest BCUT2D eigenvalue weighted by Gasteiger charge is -2.04. The molecule has 0 aliphatic rings. The molecule has 0 atom stereocenters. The number of hydrogen-bond acceptors (Lipinski definition) is 6. The summed E-state index contributed by atoms with van der Waals surface area (Å²) in [5.41, 5.74) is 3.06. The standard InChI is InChI=1S/C19H17N3O4/c1-12-4-3-5-15(10-12)19-22-21-18(26-19)14-8-6-13(7-9-14)17(24)20-11-16(23)25-2/h3-10H,11H2,1-2H3,(H,20,24). The van der Waals surface area contributed by atoms with E-state index < -0.39 is 5.97 Å². The lowest BCUT2D eigenvalue weighted by atomic mass is 10.1. The van der Waals surface area contributed by atoms with Gasteiger partial charge in [0.1, 0.15) is 6.54 Å². The molecule has 7 heteroatoms. The zero-order valence-electron chi connectivity index (χ0n) is 14.4. The van der Waals surface area contributed by atoms with E-state index in [9.17, 15) is 9.59 Å². The number of aromatic nitrogens is 2. The Morgan fingerprint density at radius 3 is 2.38 bits per heavy atom. The predicted molar refractivity (Wildman–Crippen MR) is 94.3 cm³/mol. The van der Waals surface area contributed by atoms with Gasteiger partial charge in [0.25, 0.3) is 5.91 Å². The zero-order valence-corrected chi connectivity index (χ0v) is 14.4. The van der Waals surface area contributed by atoms with Crippen LogP contribution >= 0.6 is 0 Å². The van der Waals surface area contributed by atoms with Crippen LogP contribution in [0.2, 0.25) is 0 Å². The number of benzene rings is 2. The number of rotatable bonds is 5. The van der Waals surface area contributed by atoms with Gasteiger partial charge in [0, 0.05) is 16.7 Å². The minimum absolute atomic E-state index is 0.180. The maximum atomic E-state index is 12.0. The van der Waals surface area contributed by atoms with Crippen LogP contribution in [0.1, 0.15) is 15.9 Å². The highest BCUT2D eigenvalue weighted by atomic mass is 16.5. The van der Waals surface area contributed by atoms with Crippen molar-refractivity contribution in [3.8, 4) is 22.9 Å². The van der Waals surface area contributed by atoms with Crippen LogP contribution in [0.4, 0.5) is 0 Å². The maximum absolute atomic E-state index is 12.0. The molecule has 26 heavy (non-hydrogen) atoms. The number of nitrogens with zero attached hydrogens (tertiary/aromatic N) is 2. The number of esters is 1. The third kappa shape index (κ3) is 3.94. The molecular formula is C19H17N3O4. The number of ether oxygens (including phenoxy) is 1. The number of nitrogens with one attached hydrogen (secondary N) is 1. The summed E-state index contributed by atoms with van der Waals surface area (Å²) in [5.74, 6) is -0.0796. The van der Waals surface area contributed by atoms with Crippen molar-refractivity contribution >= 4 is 11.9 Å². The lowest BCUT2D eigenvalue weighted by molar-refractivity contribution is -0.139.